The molecule has 23 heavy (non-hydrogen) atoms. The third kappa shape index (κ3) is 3.42. The van der Waals surface area contributed by atoms with Crippen molar-refractivity contribution in [3.05, 3.63) is 27.1 Å². The van der Waals surface area contributed by atoms with E-state index in [1.807, 2.05) is 6.92 Å². The fourth-order valence-electron chi connectivity index (χ4n) is 2.30. The monoisotopic (exact) mass is 337 g/mol. The maximum absolute atomic E-state index is 12.5. The summed E-state index contributed by atoms with van der Waals surface area (Å²) in [6, 6.07) is 0. The number of hydrogen-bond acceptors (Lipinski definition) is 5. The Morgan fingerprint density at radius 2 is 2.13 bits per heavy atom. The first-order chi connectivity index (χ1) is 10.9. The van der Waals surface area contributed by atoms with E-state index in [1.54, 1.807) is 11.5 Å². The number of hydrogen-bond donors (Lipinski definition) is 1. The number of nitrogens with zero attached hydrogens (tertiary/aromatic N) is 3. The second-order valence-electron chi connectivity index (χ2n) is 5.39. The maximum Gasteiger partial charge on any atom is 0.323 e. The Labute approximate surface area is 137 Å². The van der Waals surface area contributed by atoms with Gasteiger partial charge in [0.25, 0.3) is 11.5 Å². The van der Waals surface area contributed by atoms with E-state index >= 15 is 0 Å². The fourth-order valence-corrected chi connectivity index (χ4v) is 3.43. The van der Waals surface area contributed by atoms with E-state index in [0.717, 1.165) is 29.1 Å². The second-order valence-corrected chi connectivity index (χ2v) is 6.39. The zero-order chi connectivity index (χ0) is 17.1. The molecule has 0 aliphatic heterocycles. The van der Waals surface area contributed by atoms with Crippen LogP contribution >= 0.6 is 11.3 Å². The van der Waals surface area contributed by atoms with Crippen LogP contribution in [0.4, 0.5) is 0 Å². The van der Waals surface area contributed by atoms with E-state index in [2.05, 4.69) is 4.98 Å². The number of carboxylic acids is 1. The summed E-state index contributed by atoms with van der Waals surface area (Å²) in [5.74, 6) is -1.49. The van der Waals surface area contributed by atoms with Gasteiger partial charge >= 0.3 is 5.97 Å². The second kappa shape index (κ2) is 6.91. The minimum Gasteiger partial charge on any atom is -0.480 e. The summed E-state index contributed by atoms with van der Waals surface area (Å²) in [5.41, 5.74) is 0.410. The number of rotatable bonds is 6. The number of amides is 1. The molecule has 0 aromatic carbocycles. The Bertz CT molecular complexity index is 809. The van der Waals surface area contributed by atoms with Crippen LogP contribution in [0.15, 0.2) is 11.1 Å². The Balaban J connectivity index is 2.46. The van der Waals surface area contributed by atoms with Gasteiger partial charge in [-0.05, 0) is 18.9 Å². The summed E-state index contributed by atoms with van der Waals surface area (Å²) < 4.78 is 1.56. The van der Waals surface area contributed by atoms with Crippen LogP contribution in [0, 0.1) is 6.92 Å². The van der Waals surface area contributed by atoms with Crippen LogP contribution in [0.5, 0.6) is 0 Å². The number of carbonyl (C=O) groups excluding carboxylic acids is 1. The smallest absolute Gasteiger partial charge is 0.323 e. The molecule has 0 atom stereocenters. The van der Waals surface area contributed by atoms with Crippen molar-refractivity contribution in [1.82, 2.24) is 14.5 Å². The molecular formula is C15H19N3O4S. The van der Waals surface area contributed by atoms with E-state index in [4.69, 9.17) is 5.11 Å². The molecule has 0 unspecified atom stereocenters. The van der Waals surface area contributed by atoms with Crippen LogP contribution in [-0.4, -0.2) is 45.0 Å². The first-order valence-corrected chi connectivity index (χ1v) is 8.14. The van der Waals surface area contributed by atoms with Crippen molar-refractivity contribution in [2.75, 3.05) is 13.6 Å². The van der Waals surface area contributed by atoms with Gasteiger partial charge in [-0.15, -0.1) is 11.3 Å². The van der Waals surface area contributed by atoms with E-state index < -0.39 is 11.9 Å². The third-order valence-corrected chi connectivity index (χ3v) is 4.77. The highest BCUT2D eigenvalue weighted by Gasteiger charge is 2.22. The molecule has 8 heteroatoms. The number of likely N-dealkylation sites (N-methyl/N-ethyl adjacent to an activating group) is 1. The first-order valence-electron chi connectivity index (χ1n) is 7.32. The molecule has 0 fully saturated rings. The molecule has 2 rings (SSSR count). The highest BCUT2D eigenvalue weighted by molar-refractivity contribution is 7.20. The summed E-state index contributed by atoms with van der Waals surface area (Å²) >= 11 is 1.13. The molecule has 0 aliphatic carbocycles. The molecule has 0 radical (unpaired) electrons. The van der Waals surface area contributed by atoms with Crippen molar-refractivity contribution in [3.8, 4) is 0 Å². The van der Waals surface area contributed by atoms with Crippen LogP contribution in [0.3, 0.4) is 0 Å². The topological polar surface area (TPSA) is 92.5 Å². The number of thiophene rings is 1. The Morgan fingerprint density at radius 1 is 1.43 bits per heavy atom. The summed E-state index contributed by atoms with van der Waals surface area (Å²) in [5, 5.41) is 9.24. The molecule has 0 bridgehead atoms. The van der Waals surface area contributed by atoms with Gasteiger partial charge in [0.15, 0.2) is 0 Å². The molecule has 2 aromatic rings. The van der Waals surface area contributed by atoms with E-state index in [0.29, 0.717) is 27.2 Å². The van der Waals surface area contributed by atoms with Gasteiger partial charge in [-0.3, -0.25) is 19.0 Å². The quantitative estimate of drug-likeness (QED) is 0.866. The lowest BCUT2D eigenvalue weighted by Gasteiger charge is -2.13. The summed E-state index contributed by atoms with van der Waals surface area (Å²) in [4.78, 5) is 41.9. The lowest BCUT2D eigenvalue weighted by Crippen LogP contribution is -2.31. The van der Waals surface area contributed by atoms with Gasteiger partial charge in [0.1, 0.15) is 11.4 Å². The van der Waals surface area contributed by atoms with Crippen molar-refractivity contribution >= 4 is 33.4 Å². The third-order valence-electron chi connectivity index (χ3n) is 3.58. The predicted molar refractivity (Wildman–Crippen MR) is 88.1 cm³/mol. The molecule has 0 aliphatic rings. The van der Waals surface area contributed by atoms with E-state index in [1.165, 1.54) is 13.4 Å². The van der Waals surface area contributed by atoms with Crippen molar-refractivity contribution in [3.63, 3.8) is 0 Å². The molecule has 2 aromatic heterocycles. The molecule has 1 N–H and O–H groups in total. The van der Waals surface area contributed by atoms with Gasteiger partial charge in [0.2, 0.25) is 0 Å². The number of carbonyl (C=O) groups is 2. The van der Waals surface area contributed by atoms with Crippen LogP contribution in [0.25, 0.3) is 10.2 Å². The minimum atomic E-state index is -1.08. The van der Waals surface area contributed by atoms with Gasteiger partial charge in [-0.25, -0.2) is 4.98 Å². The van der Waals surface area contributed by atoms with Crippen LogP contribution in [0.2, 0.25) is 0 Å². The number of carboxylic acid groups (broad SMARTS) is 1. The molecule has 0 saturated carbocycles. The molecule has 7 nitrogen and oxygen atoms in total. The maximum atomic E-state index is 12.5. The lowest BCUT2D eigenvalue weighted by molar-refractivity contribution is -0.137. The van der Waals surface area contributed by atoms with Gasteiger partial charge < -0.3 is 10.0 Å². The molecule has 0 saturated heterocycles. The molecule has 1 amide bonds. The average molecular weight is 337 g/mol. The Morgan fingerprint density at radius 3 is 2.74 bits per heavy atom. The predicted octanol–water partition coefficient (Wildman–Crippen LogP) is 1.72. The lowest BCUT2D eigenvalue weighted by atomic mass is 10.2. The SMILES string of the molecule is CCCCn1cnc2sc(C(=O)N(C)CC(=O)O)c(C)c2c1=O. The Kier molecular flexibility index (Phi) is 5.15. The first kappa shape index (κ1) is 17.1. The fraction of sp³-hybridized carbons (Fsp3) is 0.467. The molecule has 2 heterocycles. The number of unbranched alkanes of at least 4 members (excludes halogenated alkanes) is 1. The zero-order valence-electron chi connectivity index (χ0n) is 13.3. The van der Waals surface area contributed by atoms with Crippen LogP contribution in [-0.2, 0) is 11.3 Å². The van der Waals surface area contributed by atoms with Crippen molar-refractivity contribution in [1.29, 1.82) is 0 Å². The Hall–Kier alpha value is -2.22. The van der Waals surface area contributed by atoms with E-state index in [-0.39, 0.29) is 12.1 Å². The van der Waals surface area contributed by atoms with Crippen molar-refractivity contribution in [2.45, 2.75) is 33.2 Å². The normalized spacial score (nSPS) is 10.9. The van der Waals surface area contributed by atoms with Crippen LogP contribution < -0.4 is 5.56 Å². The van der Waals surface area contributed by atoms with Gasteiger partial charge in [0.05, 0.1) is 16.6 Å². The highest BCUT2D eigenvalue weighted by atomic mass is 32.1. The summed E-state index contributed by atoms with van der Waals surface area (Å²) in [6.07, 6.45) is 3.35. The van der Waals surface area contributed by atoms with Gasteiger partial charge in [0, 0.05) is 13.6 Å². The van der Waals surface area contributed by atoms with Crippen LogP contribution in [0.1, 0.15) is 35.0 Å². The largest absolute Gasteiger partial charge is 0.480 e. The number of aryl methyl sites for hydroxylation is 2. The highest BCUT2D eigenvalue weighted by Crippen LogP contribution is 2.27. The number of fused-ring (bicyclic) bond motifs is 1. The zero-order valence-corrected chi connectivity index (χ0v) is 14.1. The van der Waals surface area contributed by atoms with Gasteiger partial charge in [-0.2, -0.15) is 0 Å². The molecular weight excluding hydrogens is 318 g/mol. The molecule has 0 spiro atoms. The standard InChI is InChI=1S/C15H19N3O4S/c1-4-5-6-18-8-16-13-11(14(18)21)9(2)12(23-13)15(22)17(3)7-10(19)20/h8H,4-7H2,1-3H3,(H,19,20). The number of aliphatic carboxylic acids is 1. The summed E-state index contributed by atoms with van der Waals surface area (Å²) in [6.45, 7) is 3.95. The average Bonchev–Trinajstić information content (AvgIpc) is 2.83. The summed E-state index contributed by atoms with van der Waals surface area (Å²) in [7, 11) is 1.42. The minimum absolute atomic E-state index is 0.155. The van der Waals surface area contributed by atoms with Gasteiger partial charge in [-0.1, -0.05) is 13.3 Å². The van der Waals surface area contributed by atoms with E-state index in [9.17, 15) is 14.4 Å². The van der Waals surface area contributed by atoms with Crippen molar-refractivity contribution in [2.24, 2.45) is 0 Å². The number of aromatic nitrogens is 2. The molecule has 124 valence electrons. The van der Waals surface area contributed by atoms with Crippen molar-refractivity contribution < 1.29 is 14.7 Å².